The standard InChI is InChI=1S/C13H16F2N2O3/c1-4-7(2)8(3)16-13(18)10-5-9(14)6-11(12(10)15)17(19)20/h5-8H,4H2,1-3H3,(H,16,18). The van der Waals surface area contributed by atoms with Gasteiger partial charge in [0.15, 0.2) is 0 Å². The van der Waals surface area contributed by atoms with E-state index in [0.29, 0.717) is 12.1 Å². The molecule has 0 spiro atoms. The van der Waals surface area contributed by atoms with Crippen molar-refractivity contribution < 1.29 is 18.5 Å². The van der Waals surface area contributed by atoms with Crippen molar-refractivity contribution in [3.63, 3.8) is 0 Å². The highest BCUT2D eigenvalue weighted by Crippen LogP contribution is 2.22. The number of hydrogen-bond acceptors (Lipinski definition) is 3. The fourth-order valence-corrected chi connectivity index (χ4v) is 1.65. The van der Waals surface area contributed by atoms with Gasteiger partial charge in [-0.05, 0) is 18.9 Å². The fourth-order valence-electron chi connectivity index (χ4n) is 1.65. The van der Waals surface area contributed by atoms with Crippen LogP contribution in [0.2, 0.25) is 0 Å². The average Bonchev–Trinajstić information content (AvgIpc) is 2.39. The predicted molar refractivity (Wildman–Crippen MR) is 69.4 cm³/mol. The van der Waals surface area contributed by atoms with E-state index < -0.39 is 33.7 Å². The summed E-state index contributed by atoms with van der Waals surface area (Å²) in [6.07, 6.45) is 0.799. The van der Waals surface area contributed by atoms with Crippen LogP contribution in [0.1, 0.15) is 37.6 Å². The maximum atomic E-state index is 13.8. The summed E-state index contributed by atoms with van der Waals surface area (Å²) in [5.74, 6) is -3.08. The number of carbonyl (C=O) groups is 1. The van der Waals surface area contributed by atoms with Gasteiger partial charge in [-0.25, -0.2) is 4.39 Å². The molecule has 2 atom stereocenters. The van der Waals surface area contributed by atoms with Crippen LogP contribution >= 0.6 is 0 Å². The lowest BCUT2D eigenvalue weighted by Crippen LogP contribution is -2.37. The second-order valence-corrected chi connectivity index (χ2v) is 4.69. The van der Waals surface area contributed by atoms with E-state index in [4.69, 9.17) is 0 Å². The first-order valence-corrected chi connectivity index (χ1v) is 6.22. The van der Waals surface area contributed by atoms with Gasteiger partial charge >= 0.3 is 5.69 Å². The van der Waals surface area contributed by atoms with E-state index in [0.717, 1.165) is 6.42 Å². The van der Waals surface area contributed by atoms with E-state index in [1.165, 1.54) is 0 Å². The van der Waals surface area contributed by atoms with Gasteiger partial charge in [-0.3, -0.25) is 14.9 Å². The summed E-state index contributed by atoms with van der Waals surface area (Å²) < 4.78 is 27.1. The maximum Gasteiger partial charge on any atom is 0.308 e. The Balaban J connectivity index is 3.07. The molecular formula is C13H16F2N2O3. The molecule has 1 rings (SSSR count). The zero-order valence-corrected chi connectivity index (χ0v) is 11.4. The molecule has 0 aromatic heterocycles. The molecule has 5 nitrogen and oxygen atoms in total. The molecule has 7 heteroatoms. The number of nitro benzene ring substituents is 1. The van der Waals surface area contributed by atoms with Gasteiger partial charge in [0.2, 0.25) is 5.82 Å². The minimum Gasteiger partial charge on any atom is -0.349 e. The Morgan fingerprint density at radius 2 is 2.00 bits per heavy atom. The average molecular weight is 286 g/mol. The third-order valence-corrected chi connectivity index (χ3v) is 3.32. The summed E-state index contributed by atoms with van der Waals surface area (Å²) in [6.45, 7) is 5.56. The van der Waals surface area contributed by atoms with Crippen LogP contribution in [0.15, 0.2) is 12.1 Å². The van der Waals surface area contributed by atoms with E-state index in [1.807, 2.05) is 13.8 Å². The molecule has 1 amide bonds. The van der Waals surface area contributed by atoms with Crippen molar-refractivity contribution in [3.05, 3.63) is 39.4 Å². The molecule has 2 unspecified atom stereocenters. The zero-order chi connectivity index (χ0) is 15.4. The number of benzene rings is 1. The first kappa shape index (κ1) is 16.0. The second kappa shape index (κ2) is 6.40. The molecule has 0 saturated heterocycles. The van der Waals surface area contributed by atoms with Crippen LogP contribution in [0.4, 0.5) is 14.5 Å². The number of nitrogens with zero attached hydrogens (tertiary/aromatic N) is 1. The molecule has 20 heavy (non-hydrogen) atoms. The monoisotopic (exact) mass is 286 g/mol. The quantitative estimate of drug-likeness (QED) is 0.668. The van der Waals surface area contributed by atoms with Crippen molar-refractivity contribution in [2.45, 2.75) is 33.2 Å². The van der Waals surface area contributed by atoms with Crippen LogP contribution in [-0.4, -0.2) is 16.9 Å². The lowest BCUT2D eigenvalue weighted by atomic mass is 10.0. The van der Waals surface area contributed by atoms with Gasteiger partial charge in [0.1, 0.15) is 5.82 Å². The number of rotatable bonds is 5. The Bertz CT molecular complexity index is 535. The van der Waals surface area contributed by atoms with Gasteiger partial charge in [-0.2, -0.15) is 4.39 Å². The number of amides is 1. The largest absolute Gasteiger partial charge is 0.349 e. The van der Waals surface area contributed by atoms with Gasteiger partial charge in [0.25, 0.3) is 5.91 Å². The van der Waals surface area contributed by atoms with E-state index in [-0.39, 0.29) is 12.0 Å². The van der Waals surface area contributed by atoms with Gasteiger partial charge in [0, 0.05) is 6.04 Å². The van der Waals surface area contributed by atoms with E-state index in [2.05, 4.69) is 5.32 Å². The smallest absolute Gasteiger partial charge is 0.308 e. The van der Waals surface area contributed by atoms with Crippen LogP contribution < -0.4 is 5.32 Å². The lowest BCUT2D eigenvalue weighted by molar-refractivity contribution is -0.387. The third kappa shape index (κ3) is 3.49. The van der Waals surface area contributed by atoms with E-state index in [1.54, 1.807) is 6.92 Å². The third-order valence-electron chi connectivity index (χ3n) is 3.32. The molecule has 1 N–H and O–H groups in total. The number of hydrogen-bond donors (Lipinski definition) is 1. The molecule has 0 heterocycles. The molecule has 1 aromatic carbocycles. The summed E-state index contributed by atoms with van der Waals surface area (Å²) in [4.78, 5) is 21.4. The van der Waals surface area contributed by atoms with Gasteiger partial charge in [-0.1, -0.05) is 20.3 Å². The van der Waals surface area contributed by atoms with E-state index >= 15 is 0 Å². The zero-order valence-electron chi connectivity index (χ0n) is 11.4. The Kier molecular flexibility index (Phi) is 5.12. The molecule has 0 aliphatic rings. The second-order valence-electron chi connectivity index (χ2n) is 4.69. The molecule has 0 bridgehead atoms. The highest BCUT2D eigenvalue weighted by molar-refractivity contribution is 5.95. The first-order valence-electron chi connectivity index (χ1n) is 6.22. The predicted octanol–water partition coefficient (Wildman–Crippen LogP) is 3.04. The van der Waals surface area contributed by atoms with Crippen molar-refractivity contribution in [3.8, 4) is 0 Å². The Hall–Kier alpha value is -2.05. The lowest BCUT2D eigenvalue weighted by Gasteiger charge is -2.19. The molecule has 0 saturated carbocycles. The SMILES string of the molecule is CCC(C)C(C)NC(=O)c1cc(F)cc([N+](=O)[O-])c1F. The van der Waals surface area contributed by atoms with Crippen LogP contribution in [0.5, 0.6) is 0 Å². The van der Waals surface area contributed by atoms with Crippen LogP contribution in [0, 0.1) is 27.7 Å². The van der Waals surface area contributed by atoms with Crippen molar-refractivity contribution in [1.82, 2.24) is 5.32 Å². The maximum absolute atomic E-state index is 13.8. The molecule has 110 valence electrons. The van der Waals surface area contributed by atoms with Gasteiger partial charge in [-0.15, -0.1) is 0 Å². The van der Waals surface area contributed by atoms with Crippen LogP contribution in [0.3, 0.4) is 0 Å². The number of nitro groups is 1. The molecule has 0 aliphatic heterocycles. The van der Waals surface area contributed by atoms with E-state index in [9.17, 15) is 23.7 Å². The molecule has 0 aliphatic carbocycles. The fraction of sp³-hybridized carbons (Fsp3) is 0.462. The van der Waals surface area contributed by atoms with Crippen LogP contribution in [-0.2, 0) is 0 Å². The number of carbonyl (C=O) groups excluding carboxylic acids is 1. The molecule has 0 radical (unpaired) electrons. The van der Waals surface area contributed by atoms with Gasteiger partial charge < -0.3 is 5.32 Å². The normalized spacial score (nSPS) is 13.7. The minimum absolute atomic E-state index is 0.144. The minimum atomic E-state index is -1.33. The molecular weight excluding hydrogens is 270 g/mol. The molecule has 1 aromatic rings. The Morgan fingerprint density at radius 3 is 2.50 bits per heavy atom. The van der Waals surface area contributed by atoms with Crippen molar-refractivity contribution in [1.29, 1.82) is 0 Å². The number of nitrogens with one attached hydrogen (secondary N) is 1. The Morgan fingerprint density at radius 1 is 1.40 bits per heavy atom. The summed E-state index contributed by atoms with van der Waals surface area (Å²) in [7, 11) is 0. The Labute approximate surface area is 115 Å². The summed E-state index contributed by atoms with van der Waals surface area (Å²) in [5.41, 5.74) is -1.71. The number of halogens is 2. The summed E-state index contributed by atoms with van der Waals surface area (Å²) in [6, 6.07) is 0.847. The molecule has 0 fully saturated rings. The van der Waals surface area contributed by atoms with Crippen molar-refractivity contribution in [2.75, 3.05) is 0 Å². The van der Waals surface area contributed by atoms with Crippen LogP contribution in [0.25, 0.3) is 0 Å². The summed E-state index contributed by atoms with van der Waals surface area (Å²) in [5, 5.41) is 13.1. The topological polar surface area (TPSA) is 72.2 Å². The van der Waals surface area contributed by atoms with Gasteiger partial charge in [0.05, 0.1) is 16.6 Å². The highest BCUT2D eigenvalue weighted by Gasteiger charge is 2.25. The summed E-state index contributed by atoms with van der Waals surface area (Å²) >= 11 is 0. The van der Waals surface area contributed by atoms with Crippen molar-refractivity contribution in [2.24, 2.45) is 5.92 Å². The highest BCUT2D eigenvalue weighted by atomic mass is 19.1. The van der Waals surface area contributed by atoms with Crippen molar-refractivity contribution >= 4 is 11.6 Å². The first-order chi connectivity index (χ1) is 9.27.